The highest BCUT2D eigenvalue weighted by Gasteiger charge is 2.31. The first-order chi connectivity index (χ1) is 9.95. The second-order valence-electron chi connectivity index (χ2n) is 4.71. The largest absolute Gasteiger partial charge is 0.416 e. The van der Waals surface area contributed by atoms with Gasteiger partial charge >= 0.3 is 6.18 Å². The highest BCUT2D eigenvalue weighted by molar-refractivity contribution is 9.10. The normalized spacial score (nSPS) is 19.1. The summed E-state index contributed by atoms with van der Waals surface area (Å²) in [5, 5.41) is 4.30. The highest BCUT2D eigenvalue weighted by Crippen LogP contribution is 2.33. The number of halogens is 4. The summed E-state index contributed by atoms with van der Waals surface area (Å²) in [6.07, 6.45) is 0.00184. The SMILES string of the molecule is FC(F)(F)c1ccnc(-n2cc(Br)c(C3CCCO3)n2)c1. The molecule has 0 spiro atoms. The summed E-state index contributed by atoms with van der Waals surface area (Å²) in [7, 11) is 0. The Morgan fingerprint density at radius 2 is 2.19 bits per heavy atom. The number of hydrogen-bond donors (Lipinski definition) is 0. The first-order valence-corrected chi connectivity index (χ1v) is 7.15. The van der Waals surface area contributed by atoms with Crippen LogP contribution in [0.4, 0.5) is 13.2 Å². The summed E-state index contributed by atoms with van der Waals surface area (Å²) in [5.41, 5.74) is -0.0653. The van der Waals surface area contributed by atoms with Crippen molar-refractivity contribution in [2.45, 2.75) is 25.1 Å². The van der Waals surface area contributed by atoms with E-state index < -0.39 is 11.7 Å². The minimum atomic E-state index is -4.40. The van der Waals surface area contributed by atoms with E-state index in [4.69, 9.17) is 4.74 Å². The molecule has 1 fully saturated rings. The molecule has 112 valence electrons. The molecular weight excluding hydrogens is 351 g/mol. The monoisotopic (exact) mass is 361 g/mol. The van der Waals surface area contributed by atoms with Gasteiger partial charge in [0.1, 0.15) is 11.8 Å². The zero-order chi connectivity index (χ0) is 15.0. The molecule has 1 aliphatic rings. The van der Waals surface area contributed by atoms with Crippen molar-refractivity contribution in [2.75, 3.05) is 6.61 Å². The van der Waals surface area contributed by atoms with E-state index in [9.17, 15) is 13.2 Å². The third-order valence-corrected chi connectivity index (χ3v) is 3.85. The van der Waals surface area contributed by atoms with Crippen LogP contribution in [0.15, 0.2) is 29.0 Å². The maximum Gasteiger partial charge on any atom is 0.416 e. The fourth-order valence-corrected chi connectivity index (χ4v) is 2.74. The van der Waals surface area contributed by atoms with Crippen LogP contribution in [-0.2, 0) is 10.9 Å². The molecular formula is C13H11BrF3N3O. The predicted octanol–water partition coefficient (Wildman–Crippen LogP) is 3.90. The number of nitrogens with zero attached hydrogens (tertiary/aromatic N) is 3. The maximum absolute atomic E-state index is 12.7. The van der Waals surface area contributed by atoms with E-state index >= 15 is 0 Å². The van der Waals surface area contributed by atoms with Crippen molar-refractivity contribution in [3.63, 3.8) is 0 Å². The first-order valence-electron chi connectivity index (χ1n) is 6.35. The Hall–Kier alpha value is -1.41. The molecule has 3 heterocycles. The van der Waals surface area contributed by atoms with Crippen LogP contribution in [0.1, 0.15) is 30.2 Å². The molecule has 1 saturated heterocycles. The standard InChI is InChI=1S/C13H11BrF3N3O/c14-9-7-20(19-12(9)10-2-1-5-21-10)11-6-8(3-4-18-11)13(15,16)17/h3-4,6-7,10H,1-2,5H2. The van der Waals surface area contributed by atoms with Crippen LogP contribution in [-0.4, -0.2) is 21.4 Å². The summed E-state index contributed by atoms with van der Waals surface area (Å²) >= 11 is 3.37. The zero-order valence-electron chi connectivity index (χ0n) is 10.8. The van der Waals surface area contributed by atoms with Gasteiger partial charge in [0.25, 0.3) is 0 Å². The van der Waals surface area contributed by atoms with Gasteiger partial charge in [-0.2, -0.15) is 18.3 Å². The van der Waals surface area contributed by atoms with E-state index in [1.807, 2.05) is 0 Å². The van der Waals surface area contributed by atoms with Gasteiger partial charge in [0, 0.05) is 19.0 Å². The summed E-state index contributed by atoms with van der Waals surface area (Å²) in [6.45, 7) is 0.672. The molecule has 0 aromatic carbocycles. The smallest absolute Gasteiger partial charge is 0.372 e. The van der Waals surface area contributed by atoms with Gasteiger partial charge in [0.2, 0.25) is 0 Å². The fourth-order valence-electron chi connectivity index (χ4n) is 2.22. The minimum Gasteiger partial charge on any atom is -0.372 e. The number of hydrogen-bond acceptors (Lipinski definition) is 3. The van der Waals surface area contributed by atoms with Gasteiger partial charge < -0.3 is 4.74 Å². The molecule has 2 aromatic heterocycles. The lowest BCUT2D eigenvalue weighted by atomic mass is 10.2. The number of alkyl halides is 3. The molecule has 1 atom stereocenters. The van der Waals surface area contributed by atoms with Gasteiger partial charge in [-0.3, -0.25) is 0 Å². The summed E-state index contributed by atoms with van der Waals surface area (Å²) in [5.74, 6) is 0.120. The average Bonchev–Trinajstić information content (AvgIpc) is 3.07. The van der Waals surface area contributed by atoms with E-state index in [0.29, 0.717) is 16.8 Å². The Balaban J connectivity index is 1.96. The molecule has 0 saturated carbocycles. The van der Waals surface area contributed by atoms with Gasteiger partial charge in [0.15, 0.2) is 5.82 Å². The zero-order valence-corrected chi connectivity index (χ0v) is 12.4. The first kappa shape index (κ1) is 14.5. The van der Waals surface area contributed by atoms with Crippen LogP contribution in [0.5, 0.6) is 0 Å². The molecule has 0 aliphatic carbocycles. The Kier molecular flexibility index (Phi) is 3.75. The fraction of sp³-hybridized carbons (Fsp3) is 0.385. The molecule has 8 heteroatoms. The summed E-state index contributed by atoms with van der Waals surface area (Å²) in [6, 6.07) is 1.90. The van der Waals surface area contributed by atoms with Gasteiger partial charge in [-0.1, -0.05) is 0 Å². The van der Waals surface area contributed by atoms with Crippen LogP contribution in [0.3, 0.4) is 0 Å². The molecule has 0 bridgehead atoms. The van der Waals surface area contributed by atoms with E-state index in [1.165, 1.54) is 4.68 Å². The Bertz CT molecular complexity index is 650. The quantitative estimate of drug-likeness (QED) is 0.814. The number of rotatable bonds is 2. The molecule has 0 radical (unpaired) electrons. The highest BCUT2D eigenvalue weighted by atomic mass is 79.9. The molecule has 2 aromatic rings. The average molecular weight is 362 g/mol. The van der Waals surface area contributed by atoms with Gasteiger partial charge in [-0.25, -0.2) is 9.67 Å². The molecule has 0 N–H and O–H groups in total. The summed E-state index contributed by atoms with van der Waals surface area (Å²) in [4.78, 5) is 3.94. The van der Waals surface area contributed by atoms with Crippen molar-refractivity contribution in [1.82, 2.24) is 14.8 Å². The number of pyridine rings is 1. The summed E-state index contributed by atoms with van der Waals surface area (Å²) < 4.78 is 45.8. The molecule has 21 heavy (non-hydrogen) atoms. The van der Waals surface area contributed by atoms with Crippen molar-refractivity contribution in [2.24, 2.45) is 0 Å². The third kappa shape index (κ3) is 2.96. The second-order valence-corrected chi connectivity index (χ2v) is 5.56. The predicted molar refractivity (Wildman–Crippen MR) is 72.0 cm³/mol. The van der Waals surface area contributed by atoms with Gasteiger partial charge in [-0.15, -0.1) is 0 Å². The maximum atomic E-state index is 12.7. The second kappa shape index (κ2) is 5.42. The van der Waals surface area contributed by atoms with Crippen LogP contribution in [0.25, 0.3) is 5.82 Å². The van der Waals surface area contributed by atoms with E-state index in [-0.39, 0.29) is 11.9 Å². The van der Waals surface area contributed by atoms with Crippen molar-refractivity contribution in [3.05, 3.63) is 40.3 Å². The minimum absolute atomic E-state index is 0.119. The van der Waals surface area contributed by atoms with Gasteiger partial charge in [0.05, 0.1) is 10.0 Å². The van der Waals surface area contributed by atoms with Crippen molar-refractivity contribution in [1.29, 1.82) is 0 Å². The number of ether oxygens (including phenoxy) is 1. The van der Waals surface area contributed by atoms with E-state index in [0.717, 1.165) is 31.2 Å². The van der Waals surface area contributed by atoms with Crippen molar-refractivity contribution in [3.8, 4) is 5.82 Å². The van der Waals surface area contributed by atoms with Crippen LogP contribution in [0.2, 0.25) is 0 Å². The van der Waals surface area contributed by atoms with Crippen molar-refractivity contribution >= 4 is 15.9 Å². The topological polar surface area (TPSA) is 39.9 Å². The molecule has 0 amide bonds. The lowest BCUT2D eigenvalue weighted by molar-refractivity contribution is -0.137. The van der Waals surface area contributed by atoms with Crippen molar-refractivity contribution < 1.29 is 17.9 Å². The third-order valence-electron chi connectivity index (χ3n) is 3.24. The van der Waals surface area contributed by atoms with E-state index in [1.54, 1.807) is 6.20 Å². The lowest BCUT2D eigenvalue weighted by Gasteiger charge is -2.08. The van der Waals surface area contributed by atoms with E-state index in [2.05, 4.69) is 26.0 Å². The van der Waals surface area contributed by atoms with Crippen LogP contribution >= 0.6 is 15.9 Å². The molecule has 3 rings (SSSR count). The van der Waals surface area contributed by atoms with Crippen LogP contribution in [0, 0.1) is 0 Å². The Labute approximate surface area is 127 Å². The molecule has 1 aliphatic heterocycles. The Morgan fingerprint density at radius 3 is 2.86 bits per heavy atom. The molecule has 1 unspecified atom stereocenters. The van der Waals surface area contributed by atoms with Gasteiger partial charge in [-0.05, 0) is 40.9 Å². The van der Waals surface area contributed by atoms with Crippen LogP contribution < -0.4 is 0 Å². The number of aromatic nitrogens is 3. The molecule has 4 nitrogen and oxygen atoms in total. The Morgan fingerprint density at radius 1 is 1.38 bits per heavy atom. The lowest BCUT2D eigenvalue weighted by Crippen LogP contribution is -2.08.